The first-order valence-corrected chi connectivity index (χ1v) is 9.15. The maximum atomic E-state index is 6.05. The Morgan fingerprint density at radius 3 is 2.74 bits per heavy atom. The summed E-state index contributed by atoms with van der Waals surface area (Å²) in [6, 6.07) is 1.79. The number of nitrogens with two attached hydrogens (primary N) is 1. The van der Waals surface area contributed by atoms with Gasteiger partial charge in [0.1, 0.15) is 0 Å². The third-order valence-corrected chi connectivity index (χ3v) is 5.37. The van der Waals surface area contributed by atoms with Crippen LogP contribution in [0, 0.1) is 0 Å². The van der Waals surface area contributed by atoms with Crippen LogP contribution in [0.5, 0.6) is 0 Å². The van der Waals surface area contributed by atoms with Crippen LogP contribution in [0.4, 0.5) is 0 Å². The second kappa shape index (κ2) is 10.7. The topological polar surface area (TPSA) is 56.9 Å². The second-order valence-corrected chi connectivity index (χ2v) is 6.96. The fourth-order valence-electron chi connectivity index (χ4n) is 3.93. The lowest BCUT2D eigenvalue weighted by Crippen LogP contribution is -2.46. The number of hydrogen-bond acceptors (Lipinski definition) is 3. The Bertz CT molecular complexity index is 363. The van der Waals surface area contributed by atoms with Gasteiger partial charge >= 0.3 is 0 Å². The normalized spacial score (nSPS) is 28.4. The number of halogens is 1. The SMILES string of the molecule is CCN1CCCC1CNC(N)=NCC(C)N1CCCCC1C.I. The Morgan fingerprint density at radius 2 is 2.04 bits per heavy atom. The Morgan fingerprint density at radius 1 is 1.26 bits per heavy atom. The number of likely N-dealkylation sites (N-methyl/N-ethyl adjacent to an activating group) is 1. The minimum atomic E-state index is 0. The summed E-state index contributed by atoms with van der Waals surface area (Å²) < 4.78 is 0. The average molecular weight is 437 g/mol. The smallest absolute Gasteiger partial charge is 0.188 e. The van der Waals surface area contributed by atoms with Crippen molar-refractivity contribution in [3.63, 3.8) is 0 Å². The molecule has 0 amide bonds. The highest BCUT2D eigenvalue weighted by molar-refractivity contribution is 14.0. The van der Waals surface area contributed by atoms with Crippen molar-refractivity contribution in [2.75, 3.05) is 32.7 Å². The van der Waals surface area contributed by atoms with Gasteiger partial charge in [-0.05, 0) is 59.2 Å². The van der Waals surface area contributed by atoms with E-state index in [2.05, 4.69) is 40.9 Å². The number of rotatable bonds is 6. The number of hydrogen-bond donors (Lipinski definition) is 2. The standard InChI is InChI=1S/C17H35N5.HI/c1-4-21-10-7-9-16(21)13-20-17(18)19-12-15(3)22-11-6-5-8-14(22)2;/h14-16H,4-13H2,1-3H3,(H3,18,19,20);1H. The van der Waals surface area contributed by atoms with Crippen molar-refractivity contribution in [1.29, 1.82) is 0 Å². The van der Waals surface area contributed by atoms with Crippen molar-refractivity contribution in [1.82, 2.24) is 15.1 Å². The highest BCUT2D eigenvalue weighted by atomic mass is 127. The first-order valence-electron chi connectivity index (χ1n) is 9.15. The van der Waals surface area contributed by atoms with Crippen molar-refractivity contribution < 1.29 is 0 Å². The summed E-state index contributed by atoms with van der Waals surface area (Å²) in [6.45, 7) is 12.1. The number of nitrogens with one attached hydrogen (secondary N) is 1. The third kappa shape index (κ3) is 6.38. The van der Waals surface area contributed by atoms with E-state index in [4.69, 9.17) is 5.73 Å². The van der Waals surface area contributed by atoms with Crippen molar-refractivity contribution >= 4 is 29.9 Å². The minimum Gasteiger partial charge on any atom is -0.370 e. The molecule has 23 heavy (non-hydrogen) atoms. The maximum absolute atomic E-state index is 6.05. The van der Waals surface area contributed by atoms with Crippen LogP contribution < -0.4 is 11.1 Å². The zero-order valence-electron chi connectivity index (χ0n) is 15.1. The predicted molar refractivity (Wildman–Crippen MR) is 110 cm³/mol. The molecule has 2 heterocycles. The molecule has 0 aromatic rings. The van der Waals surface area contributed by atoms with E-state index in [0.717, 1.165) is 19.6 Å². The number of aliphatic imine (C=N–C) groups is 1. The summed E-state index contributed by atoms with van der Waals surface area (Å²) in [5, 5.41) is 3.33. The van der Waals surface area contributed by atoms with Crippen molar-refractivity contribution in [2.24, 2.45) is 10.7 Å². The molecule has 2 rings (SSSR count). The van der Waals surface area contributed by atoms with E-state index < -0.39 is 0 Å². The van der Waals surface area contributed by atoms with Gasteiger partial charge in [0.05, 0.1) is 6.54 Å². The van der Waals surface area contributed by atoms with Crippen LogP contribution >= 0.6 is 24.0 Å². The number of likely N-dealkylation sites (tertiary alicyclic amines) is 2. The Balaban J connectivity index is 0.00000264. The van der Waals surface area contributed by atoms with E-state index in [1.807, 2.05) is 0 Å². The zero-order valence-corrected chi connectivity index (χ0v) is 17.5. The van der Waals surface area contributed by atoms with Crippen LogP contribution in [0.1, 0.15) is 52.9 Å². The van der Waals surface area contributed by atoms with Crippen LogP contribution in [-0.4, -0.2) is 66.6 Å². The molecular formula is C17H36IN5. The maximum Gasteiger partial charge on any atom is 0.188 e. The Labute approximate surface area is 159 Å². The number of piperidine rings is 1. The van der Waals surface area contributed by atoms with Crippen LogP contribution in [0.25, 0.3) is 0 Å². The van der Waals surface area contributed by atoms with Gasteiger partial charge in [-0.15, -0.1) is 24.0 Å². The summed E-state index contributed by atoms with van der Waals surface area (Å²) in [4.78, 5) is 9.67. The molecule has 0 aliphatic carbocycles. The van der Waals surface area contributed by atoms with Gasteiger partial charge in [-0.25, -0.2) is 0 Å². The molecule has 0 aromatic carbocycles. The van der Waals surface area contributed by atoms with Crippen molar-refractivity contribution in [3.8, 4) is 0 Å². The monoisotopic (exact) mass is 437 g/mol. The van der Waals surface area contributed by atoms with Gasteiger partial charge in [0.2, 0.25) is 0 Å². The first-order chi connectivity index (χ1) is 10.6. The molecule has 0 bridgehead atoms. The van der Waals surface area contributed by atoms with Gasteiger partial charge in [0, 0.05) is 24.7 Å². The molecule has 0 saturated carbocycles. The van der Waals surface area contributed by atoms with Crippen LogP contribution in [0.15, 0.2) is 4.99 Å². The minimum absolute atomic E-state index is 0. The zero-order chi connectivity index (χ0) is 15.9. The van der Waals surface area contributed by atoms with Gasteiger partial charge in [0.25, 0.3) is 0 Å². The molecule has 2 fully saturated rings. The molecule has 2 aliphatic heterocycles. The molecule has 3 unspecified atom stereocenters. The van der Waals surface area contributed by atoms with Crippen molar-refractivity contribution in [2.45, 2.75) is 71.0 Å². The molecule has 3 atom stereocenters. The molecule has 2 saturated heterocycles. The first kappa shape index (κ1) is 21.0. The van der Waals surface area contributed by atoms with E-state index in [0.29, 0.717) is 24.1 Å². The third-order valence-electron chi connectivity index (χ3n) is 5.37. The molecule has 5 nitrogen and oxygen atoms in total. The molecular weight excluding hydrogens is 401 g/mol. The lowest BCUT2D eigenvalue weighted by Gasteiger charge is -2.37. The fraction of sp³-hybridized carbons (Fsp3) is 0.941. The predicted octanol–water partition coefficient (Wildman–Crippen LogP) is 2.26. The summed E-state index contributed by atoms with van der Waals surface area (Å²) in [5.41, 5.74) is 6.05. The summed E-state index contributed by atoms with van der Waals surface area (Å²) in [6.07, 6.45) is 6.58. The van der Waals surface area contributed by atoms with Gasteiger partial charge in [-0.1, -0.05) is 13.3 Å². The van der Waals surface area contributed by atoms with Crippen molar-refractivity contribution in [3.05, 3.63) is 0 Å². The van der Waals surface area contributed by atoms with Gasteiger partial charge in [-0.3, -0.25) is 14.8 Å². The van der Waals surface area contributed by atoms with Crippen LogP contribution in [-0.2, 0) is 0 Å². The lowest BCUT2D eigenvalue weighted by molar-refractivity contribution is 0.118. The Kier molecular flexibility index (Phi) is 9.77. The molecule has 3 N–H and O–H groups in total. The molecule has 6 heteroatoms. The molecule has 0 spiro atoms. The summed E-state index contributed by atoms with van der Waals surface area (Å²) in [7, 11) is 0. The van der Waals surface area contributed by atoms with Gasteiger partial charge < -0.3 is 11.1 Å². The Hall–Kier alpha value is -0.0800. The summed E-state index contributed by atoms with van der Waals surface area (Å²) >= 11 is 0. The fourth-order valence-corrected chi connectivity index (χ4v) is 3.93. The van der Waals surface area contributed by atoms with E-state index >= 15 is 0 Å². The van der Waals surface area contributed by atoms with Crippen LogP contribution in [0.2, 0.25) is 0 Å². The highest BCUT2D eigenvalue weighted by Gasteiger charge is 2.24. The lowest BCUT2D eigenvalue weighted by atomic mass is 10.0. The highest BCUT2D eigenvalue weighted by Crippen LogP contribution is 2.19. The largest absolute Gasteiger partial charge is 0.370 e. The molecule has 2 aliphatic rings. The average Bonchev–Trinajstić information content (AvgIpc) is 2.98. The van der Waals surface area contributed by atoms with E-state index in [-0.39, 0.29) is 24.0 Å². The summed E-state index contributed by atoms with van der Waals surface area (Å²) in [5.74, 6) is 0.611. The number of guanidine groups is 1. The van der Waals surface area contributed by atoms with E-state index in [1.165, 1.54) is 45.2 Å². The number of nitrogens with zero attached hydrogens (tertiary/aromatic N) is 3. The second-order valence-electron chi connectivity index (χ2n) is 6.96. The molecule has 136 valence electrons. The molecule has 0 radical (unpaired) electrons. The van der Waals surface area contributed by atoms with E-state index in [9.17, 15) is 0 Å². The van der Waals surface area contributed by atoms with Crippen LogP contribution in [0.3, 0.4) is 0 Å². The van der Waals surface area contributed by atoms with Gasteiger partial charge in [-0.2, -0.15) is 0 Å². The molecule has 0 aromatic heterocycles. The van der Waals surface area contributed by atoms with Gasteiger partial charge in [0.15, 0.2) is 5.96 Å². The quantitative estimate of drug-likeness (QED) is 0.380. The van der Waals surface area contributed by atoms with E-state index in [1.54, 1.807) is 0 Å².